The lowest BCUT2D eigenvalue weighted by Gasteiger charge is -2.11. The standard InChI is InChI=1S/C11H25NO3/c1-3-5-7-14-9-11(13)10-15-8-6-12-4-2/h11-13H,3-10H2,1-2H3. The summed E-state index contributed by atoms with van der Waals surface area (Å²) in [6.45, 7) is 8.05. The molecule has 0 fully saturated rings. The van der Waals surface area contributed by atoms with E-state index in [-0.39, 0.29) is 0 Å². The van der Waals surface area contributed by atoms with Crippen LogP contribution in [0, 0.1) is 0 Å². The molecule has 92 valence electrons. The van der Waals surface area contributed by atoms with E-state index in [1.165, 1.54) is 0 Å². The van der Waals surface area contributed by atoms with Gasteiger partial charge in [0, 0.05) is 13.2 Å². The average Bonchev–Trinajstić information content (AvgIpc) is 2.24. The van der Waals surface area contributed by atoms with Crippen molar-refractivity contribution in [1.82, 2.24) is 5.32 Å². The first-order valence-corrected chi connectivity index (χ1v) is 5.85. The van der Waals surface area contributed by atoms with Crippen molar-refractivity contribution in [2.45, 2.75) is 32.8 Å². The highest BCUT2D eigenvalue weighted by Crippen LogP contribution is 1.91. The molecule has 15 heavy (non-hydrogen) atoms. The second-order valence-corrected chi connectivity index (χ2v) is 3.51. The first-order chi connectivity index (χ1) is 7.31. The van der Waals surface area contributed by atoms with Crippen LogP contribution in [0.4, 0.5) is 0 Å². The zero-order valence-corrected chi connectivity index (χ0v) is 10.00. The maximum atomic E-state index is 9.43. The summed E-state index contributed by atoms with van der Waals surface area (Å²) in [4.78, 5) is 0. The molecule has 0 aromatic carbocycles. The van der Waals surface area contributed by atoms with Crippen molar-refractivity contribution in [3.63, 3.8) is 0 Å². The molecule has 0 spiro atoms. The molecule has 0 aromatic heterocycles. The third-order valence-electron chi connectivity index (χ3n) is 1.94. The Morgan fingerprint density at radius 1 is 1.13 bits per heavy atom. The molecular formula is C11H25NO3. The van der Waals surface area contributed by atoms with Gasteiger partial charge in [-0.05, 0) is 13.0 Å². The van der Waals surface area contributed by atoms with E-state index in [1.807, 2.05) is 0 Å². The fourth-order valence-electron chi connectivity index (χ4n) is 1.05. The highest BCUT2D eigenvalue weighted by Gasteiger charge is 2.03. The normalized spacial score (nSPS) is 13.0. The average molecular weight is 219 g/mol. The Morgan fingerprint density at radius 2 is 1.80 bits per heavy atom. The summed E-state index contributed by atoms with van der Waals surface area (Å²) >= 11 is 0. The largest absolute Gasteiger partial charge is 0.388 e. The lowest BCUT2D eigenvalue weighted by molar-refractivity contribution is -0.0184. The van der Waals surface area contributed by atoms with Crippen LogP contribution in [0.5, 0.6) is 0 Å². The monoisotopic (exact) mass is 219 g/mol. The van der Waals surface area contributed by atoms with E-state index >= 15 is 0 Å². The van der Waals surface area contributed by atoms with Crippen LogP contribution in [-0.4, -0.2) is 50.7 Å². The van der Waals surface area contributed by atoms with E-state index in [0.29, 0.717) is 19.8 Å². The Bertz CT molecular complexity index is 122. The minimum Gasteiger partial charge on any atom is -0.388 e. The summed E-state index contributed by atoms with van der Waals surface area (Å²) in [5, 5.41) is 12.6. The summed E-state index contributed by atoms with van der Waals surface area (Å²) in [6.07, 6.45) is 1.67. The predicted molar refractivity (Wildman–Crippen MR) is 61.1 cm³/mol. The van der Waals surface area contributed by atoms with Crippen molar-refractivity contribution in [3.8, 4) is 0 Å². The van der Waals surface area contributed by atoms with Gasteiger partial charge in [-0.3, -0.25) is 0 Å². The number of ether oxygens (including phenoxy) is 2. The summed E-state index contributed by atoms with van der Waals surface area (Å²) in [6, 6.07) is 0. The summed E-state index contributed by atoms with van der Waals surface area (Å²) < 4.78 is 10.5. The smallest absolute Gasteiger partial charge is 0.101 e. The van der Waals surface area contributed by atoms with E-state index in [0.717, 1.165) is 32.5 Å². The van der Waals surface area contributed by atoms with Crippen LogP contribution in [-0.2, 0) is 9.47 Å². The highest BCUT2D eigenvalue weighted by atomic mass is 16.5. The molecule has 1 unspecified atom stereocenters. The zero-order valence-electron chi connectivity index (χ0n) is 10.00. The molecule has 0 aliphatic heterocycles. The molecule has 0 saturated carbocycles. The molecule has 0 radical (unpaired) electrons. The topological polar surface area (TPSA) is 50.7 Å². The van der Waals surface area contributed by atoms with Gasteiger partial charge in [-0.15, -0.1) is 0 Å². The molecule has 0 aliphatic carbocycles. The number of nitrogens with one attached hydrogen (secondary N) is 1. The number of unbranched alkanes of at least 4 members (excludes halogenated alkanes) is 1. The van der Waals surface area contributed by atoms with Gasteiger partial charge in [0.05, 0.1) is 19.8 Å². The lowest BCUT2D eigenvalue weighted by atomic mass is 10.3. The third-order valence-corrected chi connectivity index (χ3v) is 1.94. The van der Waals surface area contributed by atoms with E-state index < -0.39 is 6.10 Å². The minimum atomic E-state index is -0.497. The molecule has 4 nitrogen and oxygen atoms in total. The fraction of sp³-hybridized carbons (Fsp3) is 1.00. The Hall–Kier alpha value is -0.160. The van der Waals surface area contributed by atoms with Gasteiger partial charge in [0.2, 0.25) is 0 Å². The maximum absolute atomic E-state index is 9.43. The van der Waals surface area contributed by atoms with Gasteiger partial charge in [0.25, 0.3) is 0 Å². The van der Waals surface area contributed by atoms with E-state index in [1.54, 1.807) is 0 Å². The molecule has 0 saturated heterocycles. The Labute approximate surface area is 93.0 Å². The summed E-state index contributed by atoms with van der Waals surface area (Å²) in [7, 11) is 0. The summed E-state index contributed by atoms with van der Waals surface area (Å²) in [5.41, 5.74) is 0. The number of aliphatic hydroxyl groups excluding tert-OH is 1. The van der Waals surface area contributed by atoms with Gasteiger partial charge >= 0.3 is 0 Å². The number of aliphatic hydroxyl groups is 1. The molecule has 4 heteroatoms. The molecule has 2 N–H and O–H groups in total. The van der Waals surface area contributed by atoms with Crippen molar-refractivity contribution >= 4 is 0 Å². The molecule has 0 aliphatic rings. The number of likely N-dealkylation sites (N-methyl/N-ethyl adjacent to an activating group) is 1. The first-order valence-electron chi connectivity index (χ1n) is 5.85. The van der Waals surface area contributed by atoms with Crippen LogP contribution in [0.25, 0.3) is 0 Å². The Balaban J connectivity index is 3.08. The van der Waals surface area contributed by atoms with Crippen LogP contribution in [0.2, 0.25) is 0 Å². The third kappa shape index (κ3) is 11.8. The first kappa shape index (κ1) is 14.8. The summed E-state index contributed by atoms with van der Waals surface area (Å²) in [5.74, 6) is 0. The highest BCUT2D eigenvalue weighted by molar-refractivity contribution is 4.52. The number of rotatable bonds is 11. The Kier molecular flexibility index (Phi) is 11.8. The second-order valence-electron chi connectivity index (χ2n) is 3.51. The SMILES string of the molecule is CCCCOCC(O)COCCNCC. The molecule has 0 amide bonds. The molecule has 0 bridgehead atoms. The number of hydrogen-bond donors (Lipinski definition) is 2. The minimum absolute atomic E-state index is 0.359. The van der Waals surface area contributed by atoms with Crippen LogP contribution in [0.15, 0.2) is 0 Å². The second kappa shape index (κ2) is 11.9. The molecule has 0 heterocycles. The van der Waals surface area contributed by atoms with E-state index in [2.05, 4.69) is 19.2 Å². The van der Waals surface area contributed by atoms with Crippen LogP contribution in [0.1, 0.15) is 26.7 Å². The lowest BCUT2D eigenvalue weighted by Crippen LogP contribution is -2.25. The van der Waals surface area contributed by atoms with E-state index in [9.17, 15) is 5.11 Å². The quantitative estimate of drug-likeness (QED) is 0.504. The van der Waals surface area contributed by atoms with Crippen molar-refractivity contribution in [3.05, 3.63) is 0 Å². The van der Waals surface area contributed by atoms with Crippen LogP contribution in [0.3, 0.4) is 0 Å². The van der Waals surface area contributed by atoms with Crippen molar-refractivity contribution in [2.24, 2.45) is 0 Å². The van der Waals surface area contributed by atoms with Gasteiger partial charge in [-0.1, -0.05) is 20.3 Å². The molecule has 0 aromatic rings. The van der Waals surface area contributed by atoms with Crippen molar-refractivity contribution in [1.29, 1.82) is 0 Å². The van der Waals surface area contributed by atoms with Crippen LogP contribution < -0.4 is 5.32 Å². The van der Waals surface area contributed by atoms with Gasteiger partial charge in [-0.2, -0.15) is 0 Å². The Morgan fingerprint density at radius 3 is 2.40 bits per heavy atom. The van der Waals surface area contributed by atoms with Crippen LogP contribution >= 0.6 is 0 Å². The zero-order chi connectivity index (χ0) is 11.4. The molecular weight excluding hydrogens is 194 g/mol. The van der Waals surface area contributed by atoms with Gasteiger partial charge in [0.15, 0.2) is 0 Å². The van der Waals surface area contributed by atoms with Crippen molar-refractivity contribution in [2.75, 3.05) is 39.5 Å². The predicted octanol–water partition coefficient (Wildman–Crippen LogP) is 0.790. The molecule has 0 rings (SSSR count). The van der Waals surface area contributed by atoms with Gasteiger partial charge in [-0.25, -0.2) is 0 Å². The van der Waals surface area contributed by atoms with E-state index in [4.69, 9.17) is 9.47 Å². The van der Waals surface area contributed by atoms with Gasteiger partial charge < -0.3 is 19.9 Å². The van der Waals surface area contributed by atoms with Gasteiger partial charge in [0.1, 0.15) is 6.10 Å². The molecule has 1 atom stereocenters. The fourth-order valence-corrected chi connectivity index (χ4v) is 1.05. The maximum Gasteiger partial charge on any atom is 0.101 e. The van der Waals surface area contributed by atoms with Crippen molar-refractivity contribution < 1.29 is 14.6 Å². The number of hydrogen-bond acceptors (Lipinski definition) is 4.